The number of nitrogens with zero attached hydrogens (tertiary/aromatic N) is 1. The van der Waals surface area contributed by atoms with Crippen LogP contribution in [0.5, 0.6) is 0 Å². The van der Waals surface area contributed by atoms with Gasteiger partial charge in [0.2, 0.25) is 0 Å². The second-order valence-corrected chi connectivity index (χ2v) is 3.76. The summed E-state index contributed by atoms with van der Waals surface area (Å²) < 4.78 is 7.88. The van der Waals surface area contributed by atoms with Crippen molar-refractivity contribution >= 4 is 0 Å². The van der Waals surface area contributed by atoms with Crippen molar-refractivity contribution < 1.29 is 4.74 Å². The molecule has 1 aromatic rings. The summed E-state index contributed by atoms with van der Waals surface area (Å²) in [6.45, 7) is 4.11. The molecular weight excluding hydrogens is 150 g/mol. The molecule has 0 amide bonds. The van der Waals surface area contributed by atoms with E-state index in [1.807, 2.05) is 0 Å². The molecular formula is C10H15NO. The van der Waals surface area contributed by atoms with Gasteiger partial charge < -0.3 is 9.30 Å². The number of rotatable bonds is 2. The topological polar surface area (TPSA) is 14.2 Å². The summed E-state index contributed by atoms with van der Waals surface area (Å²) in [5.41, 5.74) is 0.0824. The highest BCUT2D eigenvalue weighted by atomic mass is 16.5. The lowest BCUT2D eigenvalue weighted by Crippen LogP contribution is -2.28. The Balaban J connectivity index is 2.02. The highest BCUT2D eigenvalue weighted by Gasteiger charge is 2.29. The summed E-state index contributed by atoms with van der Waals surface area (Å²) >= 11 is 0. The molecule has 1 unspecified atom stereocenters. The standard InChI is InChI=1S/C10H15NO/c1-10(5-4-8-12-10)9-11-6-2-3-7-11/h2-3,6-7H,4-5,8-9H2,1H3. The summed E-state index contributed by atoms with van der Waals surface area (Å²) in [7, 11) is 0. The monoisotopic (exact) mass is 165 g/mol. The average molecular weight is 165 g/mol. The van der Waals surface area contributed by atoms with Gasteiger partial charge in [-0.3, -0.25) is 0 Å². The second-order valence-electron chi connectivity index (χ2n) is 3.76. The smallest absolute Gasteiger partial charge is 0.0833 e. The Morgan fingerprint density at radius 1 is 1.42 bits per heavy atom. The van der Waals surface area contributed by atoms with E-state index >= 15 is 0 Å². The van der Waals surface area contributed by atoms with E-state index in [9.17, 15) is 0 Å². The van der Waals surface area contributed by atoms with Crippen LogP contribution in [-0.2, 0) is 11.3 Å². The zero-order valence-electron chi connectivity index (χ0n) is 7.49. The number of aromatic nitrogens is 1. The van der Waals surface area contributed by atoms with Gasteiger partial charge in [-0.15, -0.1) is 0 Å². The number of hydrogen-bond donors (Lipinski definition) is 0. The van der Waals surface area contributed by atoms with E-state index < -0.39 is 0 Å². The van der Waals surface area contributed by atoms with Crippen LogP contribution < -0.4 is 0 Å². The van der Waals surface area contributed by atoms with Crippen LogP contribution in [0.2, 0.25) is 0 Å². The van der Waals surface area contributed by atoms with E-state index in [4.69, 9.17) is 4.74 Å². The first-order valence-electron chi connectivity index (χ1n) is 4.53. The van der Waals surface area contributed by atoms with E-state index in [1.165, 1.54) is 12.8 Å². The van der Waals surface area contributed by atoms with Gasteiger partial charge in [-0.05, 0) is 31.9 Å². The van der Waals surface area contributed by atoms with Gasteiger partial charge in [-0.2, -0.15) is 0 Å². The van der Waals surface area contributed by atoms with Gasteiger partial charge in [0, 0.05) is 19.0 Å². The average Bonchev–Trinajstić information content (AvgIpc) is 2.62. The molecule has 1 fully saturated rings. The van der Waals surface area contributed by atoms with Crippen molar-refractivity contribution in [3.63, 3.8) is 0 Å². The Kier molecular flexibility index (Phi) is 1.93. The zero-order valence-corrected chi connectivity index (χ0v) is 7.49. The minimum absolute atomic E-state index is 0.0824. The van der Waals surface area contributed by atoms with Gasteiger partial charge in [-0.25, -0.2) is 0 Å². The summed E-state index contributed by atoms with van der Waals surface area (Å²) in [5, 5.41) is 0. The fraction of sp³-hybridized carbons (Fsp3) is 0.600. The van der Waals surface area contributed by atoms with E-state index in [2.05, 4.69) is 36.0 Å². The van der Waals surface area contributed by atoms with E-state index in [-0.39, 0.29) is 5.60 Å². The molecule has 1 aromatic heterocycles. The van der Waals surface area contributed by atoms with Gasteiger partial charge >= 0.3 is 0 Å². The molecule has 2 nitrogen and oxygen atoms in total. The van der Waals surface area contributed by atoms with E-state index in [0.29, 0.717) is 0 Å². The van der Waals surface area contributed by atoms with Crippen LogP contribution >= 0.6 is 0 Å². The minimum atomic E-state index is 0.0824. The minimum Gasteiger partial charge on any atom is -0.373 e. The molecule has 0 aromatic carbocycles. The molecule has 2 rings (SSSR count). The van der Waals surface area contributed by atoms with Gasteiger partial charge in [0.1, 0.15) is 0 Å². The van der Waals surface area contributed by atoms with Crippen molar-refractivity contribution in [1.82, 2.24) is 4.57 Å². The molecule has 0 spiro atoms. The first-order valence-corrected chi connectivity index (χ1v) is 4.53. The zero-order chi connectivity index (χ0) is 8.44. The van der Waals surface area contributed by atoms with Crippen molar-refractivity contribution in [2.75, 3.05) is 6.61 Å². The first-order chi connectivity index (χ1) is 5.79. The van der Waals surface area contributed by atoms with Crippen LogP contribution in [0.4, 0.5) is 0 Å². The van der Waals surface area contributed by atoms with Gasteiger partial charge in [0.25, 0.3) is 0 Å². The number of ether oxygens (including phenoxy) is 1. The molecule has 2 heterocycles. The lowest BCUT2D eigenvalue weighted by Gasteiger charge is -2.23. The molecule has 12 heavy (non-hydrogen) atoms. The molecule has 0 bridgehead atoms. The van der Waals surface area contributed by atoms with Crippen molar-refractivity contribution in [3.8, 4) is 0 Å². The maximum atomic E-state index is 5.69. The molecule has 0 radical (unpaired) electrons. The summed E-state index contributed by atoms with van der Waals surface area (Å²) in [6, 6.07) is 4.11. The summed E-state index contributed by atoms with van der Waals surface area (Å²) in [4.78, 5) is 0. The van der Waals surface area contributed by atoms with E-state index in [1.54, 1.807) is 0 Å². The van der Waals surface area contributed by atoms with Crippen molar-refractivity contribution in [2.45, 2.75) is 31.9 Å². The Hall–Kier alpha value is -0.760. The van der Waals surface area contributed by atoms with Gasteiger partial charge in [-0.1, -0.05) is 0 Å². The predicted molar refractivity (Wildman–Crippen MR) is 48.0 cm³/mol. The molecule has 66 valence electrons. The van der Waals surface area contributed by atoms with E-state index in [0.717, 1.165) is 13.2 Å². The third-order valence-electron chi connectivity index (χ3n) is 2.48. The highest BCUT2D eigenvalue weighted by Crippen LogP contribution is 2.26. The van der Waals surface area contributed by atoms with Crippen molar-refractivity contribution in [3.05, 3.63) is 24.5 Å². The molecule has 0 saturated carbocycles. The molecule has 1 aliphatic rings. The van der Waals surface area contributed by atoms with Crippen LogP contribution in [0.15, 0.2) is 24.5 Å². The van der Waals surface area contributed by atoms with Gasteiger partial charge in [0.05, 0.1) is 12.1 Å². The maximum Gasteiger partial charge on any atom is 0.0833 e. The maximum absolute atomic E-state index is 5.69. The summed E-state index contributed by atoms with van der Waals surface area (Å²) in [6.07, 6.45) is 6.57. The lowest BCUT2D eigenvalue weighted by atomic mass is 10.0. The molecule has 0 aliphatic carbocycles. The second kappa shape index (κ2) is 2.94. The fourth-order valence-corrected chi connectivity index (χ4v) is 1.82. The van der Waals surface area contributed by atoms with Crippen molar-refractivity contribution in [1.29, 1.82) is 0 Å². The Labute approximate surface area is 73.1 Å². The Morgan fingerprint density at radius 3 is 2.75 bits per heavy atom. The normalized spacial score (nSPS) is 29.4. The van der Waals surface area contributed by atoms with Crippen LogP contribution in [0.1, 0.15) is 19.8 Å². The quantitative estimate of drug-likeness (QED) is 0.654. The third-order valence-corrected chi connectivity index (χ3v) is 2.48. The van der Waals surface area contributed by atoms with Crippen LogP contribution in [0.25, 0.3) is 0 Å². The van der Waals surface area contributed by atoms with Crippen LogP contribution in [0, 0.1) is 0 Å². The van der Waals surface area contributed by atoms with Crippen molar-refractivity contribution in [2.24, 2.45) is 0 Å². The molecule has 1 saturated heterocycles. The van der Waals surface area contributed by atoms with Gasteiger partial charge in [0.15, 0.2) is 0 Å². The lowest BCUT2D eigenvalue weighted by molar-refractivity contribution is 0.00632. The van der Waals surface area contributed by atoms with Crippen LogP contribution in [-0.4, -0.2) is 16.8 Å². The Bertz CT molecular complexity index is 234. The first kappa shape index (κ1) is 7.87. The fourth-order valence-electron chi connectivity index (χ4n) is 1.82. The summed E-state index contributed by atoms with van der Waals surface area (Å²) in [5.74, 6) is 0. The molecule has 1 atom stereocenters. The van der Waals surface area contributed by atoms with Crippen LogP contribution in [0.3, 0.4) is 0 Å². The molecule has 2 heteroatoms. The predicted octanol–water partition coefficient (Wildman–Crippen LogP) is 2.06. The SMILES string of the molecule is CC1(Cn2cccc2)CCCO1. The Morgan fingerprint density at radius 2 is 2.17 bits per heavy atom. The molecule has 0 N–H and O–H groups in total. The largest absolute Gasteiger partial charge is 0.373 e. The number of hydrogen-bond acceptors (Lipinski definition) is 1. The molecule has 1 aliphatic heterocycles. The third kappa shape index (κ3) is 1.53. The highest BCUT2D eigenvalue weighted by molar-refractivity contribution is 4.93.